The number of hydrogen-bond acceptors (Lipinski definition) is 3. The first-order chi connectivity index (χ1) is 14.0. The molecule has 29 heavy (non-hydrogen) atoms. The zero-order valence-corrected chi connectivity index (χ0v) is 19.2. The molecule has 0 amide bonds. The van der Waals surface area contributed by atoms with Crippen LogP contribution < -0.4 is 10.6 Å². The van der Waals surface area contributed by atoms with Crippen LogP contribution in [-0.4, -0.2) is 12.1 Å². The number of benzene rings is 3. The summed E-state index contributed by atoms with van der Waals surface area (Å²) in [6.45, 7) is 2.14. The highest BCUT2D eigenvalue weighted by molar-refractivity contribution is 9.10. The minimum Gasteiger partial charge on any atom is -0.454 e. The van der Waals surface area contributed by atoms with E-state index in [1.54, 1.807) is 0 Å². The van der Waals surface area contributed by atoms with Crippen molar-refractivity contribution in [3.05, 3.63) is 107 Å². The van der Waals surface area contributed by atoms with Crippen molar-refractivity contribution < 1.29 is 9.53 Å². The Kier molecular flexibility index (Phi) is 5.61. The van der Waals surface area contributed by atoms with Gasteiger partial charge in [-0.25, -0.2) is 4.79 Å². The van der Waals surface area contributed by atoms with Gasteiger partial charge in [0.15, 0.2) is 0 Å². The van der Waals surface area contributed by atoms with Gasteiger partial charge >= 0.3 is 5.97 Å². The van der Waals surface area contributed by atoms with Crippen molar-refractivity contribution in [2.24, 2.45) is 0 Å². The summed E-state index contributed by atoms with van der Waals surface area (Å²) in [5.41, 5.74) is 1.06. The van der Waals surface area contributed by atoms with Crippen LogP contribution in [0.2, 0.25) is 0 Å². The van der Waals surface area contributed by atoms with E-state index in [1.807, 2.05) is 54.6 Å². The maximum atomic E-state index is 12.0. The van der Waals surface area contributed by atoms with Crippen LogP contribution in [0.25, 0.3) is 0 Å². The highest BCUT2D eigenvalue weighted by atomic mass is 79.9. The Bertz CT molecular complexity index is 1050. The molecule has 0 bridgehead atoms. The van der Waals surface area contributed by atoms with Crippen molar-refractivity contribution in [1.29, 1.82) is 0 Å². The molecule has 1 heterocycles. The predicted molar refractivity (Wildman–Crippen MR) is 127 cm³/mol. The Morgan fingerprint density at radius 2 is 1.41 bits per heavy atom. The van der Waals surface area contributed by atoms with Crippen molar-refractivity contribution in [3.8, 4) is 0 Å². The number of cyclic esters (lactones) is 1. The van der Waals surface area contributed by atoms with Crippen LogP contribution in [0.1, 0.15) is 12.5 Å². The van der Waals surface area contributed by atoms with Crippen molar-refractivity contribution in [1.82, 2.24) is 0 Å². The lowest BCUT2D eigenvalue weighted by molar-refractivity contribution is -0.139. The highest BCUT2D eigenvalue weighted by Crippen LogP contribution is 2.64. The first-order valence-electron chi connectivity index (χ1n) is 9.32. The molecule has 1 aliphatic heterocycles. The average Bonchev–Trinajstić information content (AvgIpc) is 3.21. The SMILES string of the molecule is CC(c1ccc(Br)cc1)(C1C=CC(=O)O1)P(=S)(c1ccccc1)c1ccccc1. The molecular formula is C24H20BrO2PS. The van der Waals surface area contributed by atoms with Gasteiger partial charge in [0, 0.05) is 16.6 Å². The van der Waals surface area contributed by atoms with Gasteiger partial charge in [-0.2, -0.15) is 0 Å². The molecule has 2 atom stereocenters. The normalized spacial score (nSPS) is 18.3. The third-order valence-electron chi connectivity index (χ3n) is 5.53. The van der Waals surface area contributed by atoms with Gasteiger partial charge < -0.3 is 4.74 Å². The van der Waals surface area contributed by atoms with Crippen molar-refractivity contribution in [3.63, 3.8) is 0 Å². The minimum absolute atomic E-state index is 0.319. The molecule has 4 rings (SSSR count). The van der Waals surface area contributed by atoms with E-state index < -0.39 is 17.3 Å². The van der Waals surface area contributed by atoms with Gasteiger partial charge in [0.25, 0.3) is 0 Å². The smallest absolute Gasteiger partial charge is 0.331 e. The van der Waals surface area contributed by atoms with E-state index in [9.17, 15) is 4.79 Å². The number of halogens is 1. The summed E-state index contributed by atoms with van der Waals surface area (Å²) in [5.74, 6) is -0.319. The van der Waals surface area contributed by atoms with Crippen molar-refractivity contribution >= 4 is 50.4 Å². The number of esters is 1. The van der Waals surface area contributed by atoms with E-state index in [0.717, 1.165) is 20.6 Å². The largest absolute Gasteiger partial charge is 0.454 e. The van der Waals surface area contributed by atoms with E-state index in [0.29, 0.717) is 0 Å². The van der Waals surface area contributed by atoms with Crippen LogP contribution in [-0.2, 0) is 26.5 Å². The van der Waals surface area contributed by atoms with Gasteiger partial charge in [-0.15, -0.1) is 0 Å². The molecule has 3 aromatic carbocycles. The molecule has 0 saturated carbocycles. The van der Waals surface area contributed by atoms with E-state index in [1.165, 1.54) is 6.08 Å². The summed E-state index contributed by atoms with van der Waals surface area (Å²) in [7, 11) is 0. The van der Waals surface area contributed by atoms with Gasteiger partial charge in [0.2, 0.25) is 0 Å². The zero-order valence-electron chi connectivity index (χ0n) is 15.9. The Balaban J connectivity index is 2.04. The Morgan fingerprint density at radius 3 is 1.86 bits per heavy atom. The predicted octanol–water partition coefficient (Wildman–Crippen LogP) is 5.28. The van der Waals surface area contributed by atoms with Gasteiger partial charge in [-0.3, -0.25) is 0 Å². The third-order valence-corrected chi connectivity index (χ3v) is 12.3. The summed E-state index contributed by atoms with van der Waals surface area (Å²) >= 11 is 10.2. The summed E-state index contributed by atoms with van der Waals surface area (Å²) in [6.07, 6.45) is 2.93. The maximum absolute atomic E-state index is 12.0. The first kappa shape index (κ1) is 20.3. The second-order valence-corrected chi connectivity index (χ2v) is 12.9. The fraction of sp³-hybridized carbons (Fsp3) is 0.125. The molecule has 1 aliphatic rings. The summed E-state index contributed by atoms with van der Waals surface area (Å²) in [6, 6.07) is 26.2. The Labute approximate surface area is 184 Å². The standard InChI is InChI=1S/C24H20BrO2PS/c1-24(22-16-17-23(26)27-22,18-12-14-19(25)15-13-18)28(29,20-8-4-2-5-9-20)21-10-6-3-7-11-21/h2-17,22H,1H3. The van der Waals surface area contributed by atoms with Gasteiger partial charge in [0.05, 0.1) is 5.16 Å². The number of ether oxygens (including phenoxy) is 1. The van der Waals surface area contributed by atoms with Gasteiger partial charge in [-0.1, -0.05) is 101 Å². The topological polar surface area (TPSA) is 26.3 Å². The molecule has 0 radical (unpaired) electrons. The first-order valence-corrected chi connectivity index (χ1v) is 12.9. The van der Waals surface area contributed by atoms with E-state index in [4.69, 9.17) is 16.5 Å². The highest BCUT2D eigenvalue weighted by Gasteiger charge is 2.51. The lowest BCUT2D eigenvalue weighted by Crippen LogP contribution is -2.42. The average molecular weight is 483 g/mol. The van der Waals surface area contributed by atoms with Crippen LogP contribution in [0.4, 0.5) is 0 Å². The molecule has 2 nitrogen and oxygen atoms in total. The fourth-order valence-corrected chi connectivity index (χ4v) is 9.13. The second-order valence-electron chi connectivity index (χ2n) is 7.15. The van der Waals surface area contributed by atoms with E-state index in [-0.39, 0.29) is 5.97 Å². The van der Waals surface area contributed by atoms with Gasteiger partial charge in [-0.05, 0) is 41.3 Å². The van der Waals surface area contributed by atoms with Crippen LogP contribution in [0.15, 0.2) is 102 Å². The zero-order chi connectivity index (χ0) is 20.5. The minimum atomic E-state index is -2.47. The number of rotatable bonds is 5. The molecule has 3 aromatic rings. The van der Waals surface area contributed by atoms with Crippen LogP contribution >= 0.6 is 22.0 Å². The molecule has 146 valence electrons. The summed E-state index contributed by atoms with van der Waals surface area (Å²) in [5, 5.41) is 1.58. The summed E-state index contributed by atoms with van der Waals surface area (Å²) < 4.78 is 6.80. The van der Waals surface area contributed by atoms with Crippen LogP contribution in [0.3, 0.4) is 0 Å². The summed E-state index contributed by atoms with van der Waals surface area (Å²) in [4.78, 5) is 12.0. The molecule has 0 N–H and O–H groups in total. The quantitative estimate of drug-likeness (QED) is 0.365. The lowest BCUT2D eigenvalue weighted by atomic mass is 9.94. The van der Waals surface area contributed by atoms with E-state index >= 15 is 0 Å². The van der Waals surface area contributed by atoms with Crippen LogP contribution in [0.5, 0.6) is 0 Å². The maximum Gasteiger partial charge on any atom is 0.331 e. The lowest BCUT2D eigenvalue weighted by Gasteiger charge is -2.45. The van der Waals surface area contributed by atoms with Gasteiger partial charge in [0.1, 0.15) is 6.10 Å². The Morgan fingerprint density at radius 1 is 0.897 bits per heavy atom. The molecular weight excluding hydrogens is 463 g/mol. The monoisotopic (exact) mass is 482 g/mol. The number of hydrogen-bond donors (Lipinski definition) is 0. The fourth-order valence-electron chi connectivity index (χ4n) is 3.95. The molecule has 0 aromatic heterocycles. The molecule has 5 heteroatoms. The van der Waals surface area contributed by atoms with E-state index in [2.05, 4.69) is 59.3 Å². The second kappa shape index (κ2) is 8.02. The third kappa shape index (κ3) is 3.44. The molecule has 0 spiro atoms. The Hall–Kier alpha value is -2.00. The molecule has 2 unspecified atom stereocenters. The molecule has 0 fully saturated rings. The number of carbonyl (C=O) groups is 1. The molecule has 0 saturated heterocycles. The van der Waals surface area contributed by atoms with Crippen molar-refractivity contribution in [2.45, 2.75) is 18.2 Å². The number of carbonyl (C=O) groups excluding carboxylic acids is 1. The van der Waals surface area contributed by atoms with Crippen LogP contribution in [0, 0.1) is 0 Å². The molecule has 0 aliphatic carbocycles. The van der Waals surface area contributed by atoms with Crippen molar-refractivity contribution in [2.75, 3.05) is 0 Å².